The fourth-order valence-electron chi connectivity index (χ4n) is 1.69. The quantitative estimate of drug-likeness (QED) is 0.547. The Morgan fingerprint density at radius 1 is 1.11 bits per heavy atom. The molecule has 0 amide bonds. The SMILES string of the molecule is C1CC2CNCC(C1)S2. The summed E-state index contributed by atoms with van der Waals surface area (Å²) in [6, 6.07) is 0. The molecule has 2 aliphatic rings. The van der Waals surface area contributed by atoms with Gasteiger partial charge >= 0.3 is 0 Å². The van der Waals surface area contributed by atoms with E-state index in [1.165, 1.54) is 32.4 Å². The summed E-state index contributed by atoms with van der Waals surface area (Å²) in [6.45, 7) is 2.53. The topological polar surface area (TPSA) is 12.0 Å². The smallest absolute Gasteiger partial charge is 0.0175 e. The van der Waals surface area contributed by atoms with Crippen LogP contribution in [0.2, 0.25) is 0 Å². The summed E-state index contributed by atoms with van der Waals surface area (Å²) in [5, 5.41) is 5.38. The molecule has 2 heteroatoms. The van der Waals surface area contributed by atoms with Gasteiger partial charge in [-0.2, -0.15) is 11.8 Å². The lowest BCUT2D eigenvalue weighted by Crippen LogP contribution is -2.40. The molecule has 0 aromatic heterocycles. The van der Waals surface area contributed by atoms with Crippen molar-refractivity contribution in [3.8, 4) is 0 Å². The van der Waals surface area contributed by atoms with E-state index in [1.54, 1.807) is 0 Å². The van der Waals surface area contributed by atoms with Gasteiger partial charge in [-0.25, -0.2) is 0 Å². The molecule has 2 saturated heterocycles. The van der Waals surface area contributed by atoms with E-state index >= 15 is 0 Å². The number of thioether (sulfide) groups is 1. The van der Waals surface area contributed by atoms with Crippen LogP contribution in [0, 0.1) is 0 Å². The van der Waals surface area contributed by atoms with Crippen molar-refractivity contribution in [3.63, 3.8) is 0 Å². The summed E-state index contributed by atoms with van der Waals surface area (Å²) in [6.07, 6.45) is 4.38. The molecular formula is C7H13NS. The second-order valence-electron chi connectivity index (χ2n) is 2.97. The van der Waals surface area contributed by atoms with Gasteiger partial charge < -0.3 is 5.32 Å². The van der Waals surface area contributed by atoms with Gasteiger partial charge in [0.1, 0.15) is 0 Å². The van der Waals surface area contributed by atoms with E-state index in [2.05, 4.69) is 17.1 Å². The van der Waals surface area contributed by atoms with E-state index < -0.39 is 0 Å². The van der Waals surface area contributed by atoms with Crippen LogP contribution in [0.1, 0.15) is 19.3 Å². The van der Waals surface area contributed by atoms with Crippen molar-refractivity contribution < 1.29 is 0 Å². The van der Waals surface area contributed by atoms with Crippen molar-refractivity contribution in [1.29, 1.82) is 0 Å². The highest BCUT2D eigenvalue weighted by Gasteiger charge is 2.25. The predicted octanol–water partition coefficient (Wildman–Crippen LogP) is 1.24. The van der Waals surface area contributed by atoms with Gasteiger partial charge in [-0.05, 0) is 12.8 Å². The van der Waals surface area contributed by atoms with Gasteiger partial charge in [0.25, 0.3) is 0 Å². The molecule has 1 N–H and O–H groups in total. The van der Waals surface area contributed by atoms with Crippen molar-refractivity contribution in [2.45, 2.75) is 29.8 Å². The van der Waals surface area contributed by atoms with E-state index in [0.29, 0.717) is 0 Å². The van der Waals surface area contributed by atoms with E-state index in [1.807, 2.05) is 0 Å². The minimum Gasteiger partial charge on any atom is -0.315 e. The zero-order valence-electron chi connectivity index (χ0n) is 5.60. The van der Waals surface area contributed by atoms with Crippen molar-refractivity contribution in [1.82, 2.24) is 5.32 Å². The molecule has 0 spiro atoms. The lowest BCUT2D eigenvalue weighted by Gasteiger charge is -2.34. The molecule has 0 radical (unpaired) electrons. The third-order valence-electron chi connectivity index (χ3n) is 2.18. The van der Waals surface area contributed by atoms with Crippen LogP contribution in [0.25, 0.3) is 0 Å². The molecule has 1 nitrogen and oxygen atoms in total. The Labute approximate surface area is 60.6 Å². The number of nitrogens with one attached hydrogen (secondary N) is 1. The fraction of sp³-hybridized carbons (Fsp3) is 1.00. The van der Waals surface area contributed by atoms with Crippen LogP contribution in [0.5, 0.6) is 0 Å². The van der Waals surface area contributed by atoms with Crippen molar-refractivity contribution in [2.24, 2.45) is 0 Å². The number of fused-ring (bicyclic) bond motifs is 2. The maximum atomic E-state index is 3.47. The van der Waals surface area contributed by atoms with E-state index in [-0.39, 0.29) is 0 Å². The van der Waals surface area contributed by atoms with Crippen molar-refractivity contribution >= 4 is 11.8 Å². The monoisotopic (exact) mass is 143 g/mol. The van der Waals surface area contributed by atoms with Crippen LogP contribution in [-0.4, -0.2) is 23.6 Å². The average Bonchev–Trinajstić information content (AvgIpc) is 1.88. The van der Waals surface area contributed by atoms with Gasteiger partial charge in [-0.15, -0.1) is 0 Å². The van der Waals surface area contributed by atoms with Crippen LogP contribution in [-0.2, 0) is 0 Å². The minimum atomic E-state index is 0.956. The highest BCUT2D eigenvalue weighted by atomic mass is 32.2. The molecule has 0 aliphatic carbocycles. The Balaban J connectivity index is 1.96. The first-order valence-corrected chi connectivity index (χ1v) is 4.75. The van der Waals surface area contributed by atoms with E-state index in [9.17, 15) is 0 Å². The highest BCUT2D eigenvalue weighted by molar-refractivity contribution is 8.00. The normalized spacial score (nSPS) is 42.7. The second-order valence-corrected chi connectivity index (χ2v) is 4.57. The summed E-state index contributed by atoms with van der Waals surface area (Å²) in [5.41, 5.74) is 0. The maximum absolute atomic E-state index is 3.47. The Morgan fingerprint density at radius 3 is 2.33 bits per heavy atom. The number of hydrogen-bond acceptors (Lipinski definition) is 2. The molecule has 2 aliphatic heterocycles. The highest BCUT2D eigenvalue weighted by Crippen LogP contribution is 2.33. The molecule has 2 fully saturated rings. The second kappa shape index (κ2) is 2.51. The Hall–Kier alpha value is 0.310. The molecule has 2 atom stereocenters. The van der Waals surface area contributed by atoms with Crippen molar-refractivity contribution in [2.75, 3.05) is 13.1 Å². The van der Waals surface area contributed by atoms with Gasteiger partial charge in [0.05, 0.1) is 0 Å². The van der Waals surface area contributed by atoms with E-state index in [4.69, 9.17) is 0 Å². The predicted molar refractivity (Wildman–Crippen MR) is 41.9 cm³/mol. The van der Waals surface area contributed by atoms with Gasteiger partial charge in [0.2, 0.25) is 0 Å². The third-order valence-corrected chi connectivity index (χ3v) is 3.76. The summed E-state index contributed by atoms with van der Waals surface area (Å²) in [5.74, 6) is 0. The van der Waals surface area contributed by atoms with Gasteiger partial charge in [-0.1, -0.05) is 6.42 Å². The molecule has 2 unspecified atom stereocenters. The third kappa shape index (κ3) is 1.24. The maximum Gasteiger partial charge on any atom is 0.0175 e. The van der Waals surface area contributed by atoms with Gasteiger partial charge in [-0.3, -0.25) is 0 Å². The molecule has 0 aromatic carbocycles. The molecule has 2 bridgehead atoms. The first kappa shape index (κ1) is 6.05. The van der Waals surface area contributed by atoms with Gasteiger partial charge in [0.15, 0.2) is 0 Å². The Morgan fingerprint density at radius 2 is 1.78 bits per heavy atom. The van der Waals surface area contributed by atoms with Crippen LogP contribution >= 0.6 is 11.8 Å². The van der Waals surface area contributed by atoms with Crippen LogP contribution in [0.15, 0.2) is 0 Å². The zero-order chi connectivity index (χ0) is 6.10. The lowest BCUT2D eigenvalue weighted by molar-refractivity contribution is 0.503. The molecule has 52 valence electrons. The summed E-state index contributed by atoms with van der Waals surface area (Å²) < 4.78 is 0. The van der Waals surface area contributed by atoms with E-state index in [0.717, 1.165) is 10.5 Å². The minimum absolute atomic E-state index is 0.956. The molecule has 0 saturated carbocycles. The average molecular weight is 143 g/mol. The lowest BCUT2D eigenvalue weighted by atomic mass is 10.1. The summed E-state index contributed by atoms with van der Waals surface area (Å²) in [4.78, 5) is 0. The molecular weight excluding hydrogens is 130 g/mol. The van der Waals surface area contributed by atoms with Crippen molar-refractivity contribution in [3.05, 3.63) is 0 Å². The van der Waals surface area contributed by atoms with Crippen LogP contribution in [0.3, 0.4) is 0 Å². The Bertz CT molecular complexity index is 85.1. The number of hydrogen-bond donors (Lipinski definition) is 1. The van der Waals surface area contributed by atoms with Gasteiger partial charge in [0, 0.05) is 23.6 Å². The molecule has 0 aromatic rings. The summed E-state index contributed by atoms with van der Waals surface area (Å²) >= 11 is 2.21. The largest absolute Gasteiger partial charge is 0.315 e. The fourth-order valence-corrected chi connectivity index (χ4v) is 3.27. The van der Waals surface area contributed by atoms with Crippen LogP contribution < -0.4 is 5.32 Å². The zero-order valence-corrected chi connectivity index (χ0v) is 6.41. The Kier molecular flexibility index (Phi) is 1.68. The first-order valence-electron chi connectivity index (χ1n) is 3.81. The molecule has 2 rings (SSSR count). The first-order chi connectivity index (χ1) is 4.45. The standard InChI is InChI=1S/C7H13NS/c1-2-6-4-8-5-7(3-1)9-6/h6-8H,1-5H2. The summed E-state index contributed by atoms with van der Waals surface area (Å²) in [7, 11) is 0. The molecule has 9 heavy (non-hydrogen) atoms. The van der Waals surface area contributed by atoms with Crippen LogP contribution in [0.4, 0.5) is 0 Å². The molecule has 2 heterocycles. The number of rotatable bonds is 0.